The van der Waals surface area contributed by atoms with Crippen molar-refractivity contribution in [2.24, 2.45) is 5.73 Å². The van der Waals surface area contributed by atoms with Crippen molar-refractivity contribution >= 4 is 11.6 Å². The van der Waals surface area contributed by atoms with Crippen LogP contribution in [0.15, 0.2) is 54.7 Å². The number of rotatable bonds is 4. The number of hydrogen-bond acceptors (Lipinski definition) is 4. The Morgan fingerprint density at radius 2 is 1.80 bits per heavy atom. The van der Waals surface area contributed by atoms with Gasteiger partial charge in [0, 0.05) is 32.4 Å². The van der Waals surface area contributed by atoms with E-state index >= 15 is 0 Å². The zero-order valence-corrected chi connectivity index (χ0v) is 13.9. The third-order valence-electron chi connectivity index (χ3n) is 4.69. The van der Waals surface area contributed by atoms with Gasteiger partial charge in [0.25, 0.3) is 5.91 Å². The van der Waals surface area contributed by atoms with Gasteiger partial charge in [-0.3, -0.25) is 9.69 Å². The third-order valence-corrected chi connectivity index (χ3v) is 4.69. The van der Waals surface area contributed by atoms with E-state index in [9.17, 15) is 4.79 Å². The van der Waals surface area contributed by atoms with Gasteiger partial charge in [-0.25, -0.2) is 4.98 Å². The average Bonchev–Trinajstić information content (AvgIpc) is 3.04. The molecule has 1 unspecified atom stereocenters. The predicted octanol–water partition coefficient (Wildman–Crippen LogP) is 1.43. The van der Waals surface area contributed by atoms with E-state index in [4.69, 9.17) is 5.73 Å². The lowest BCUT2D eigenvalue weighted by atomic mass is 9.99. The summed E-state index contributed by atoms with van der Waals surface area (Å²) in [6.45, 7) is 3.65. The molecule has 1 saturated heterocycles. The maximum absolute atomic E-state index is 12.1. The second kappa shape index (κ2) is 6.66. The minimum absolute atomic E-state index is 0.0665. The van der Waals surface area contributed by atoms with Gasteiger partial charge in [-0.2, -0.15) is 0 Å². The van der Waals surface area contributed by atoms with Crippen molar-refractivity contribution in [1.82, 2.24) is 19.6 Å². The van der Waals surface area contributed by atoms with Crippen LogP contribution in [0.1, 0.15) is 27.8 Å². The number of carbonyl (C=O) groups is 1. The Morgan fingerprint density at radius 3 is 2.52 bits per heavy atom. The maximum atomic E-state index is 12.1. The molecule has 1 aliphatic rings. The van der Waals surface area contributed by atoms with Crippen molar-refractivity contribution in [3.05, 3.63) is 71.7 Å². The monoisotopic (exact) mass is 335 g/mol. The second-order valence-corrected chi connectivity index (χ2v) is 6.24. The number of primary amides is 1. The maximum Gasteiger partial charge on any atom is 0.269 e. The quantitative estimate of drug-likeness (QED) is 0.756. The lowest BCUT2D eigenvalue weighted by Gasteiger charge is -2.35. The van der Waals surface area contributed by atoms with E-state index in [-0.39, 0.29) is 6.04 Å². The number of piperazine rings is 1. The van der Waals surface area contributed by atoms with Crippen molar-refractivity contribution in [1.29, 1.82) is 0 Å². The van der Waals surface area contributed by atoms with Crippen LogP contribution in [-0.4, -0.2) is 46.4 Å². The minimum atomic E-state index is -0.491. The van der Waals surface area contributed by atoms with Gasteiger partial charge < -0.3 is 15.5 Å². The highest BCUT2D eigenvalue weighted by Crippen LogP contribution is 2.31. The second-order valence-electron chi connectivity index (χ2n) is 6.24. The summed E-state index contributed by atoms with van der Waals surface area (Å²) in [7, 11) is 0. The number of pyridine rings is 1. The Kier molecular flexibility index (Phi) is 4.21. The molecule has 1 atom stereocenters. The fourth-order valence-corrected chi connectivity index (χ4v) is 3.57. The van der Waals surface area contributed by atoms with Crippen LogP contribution in [0.2, 0.25) is 0 Å². The van der Waals surface area contributed by atoms with Crippen LogP contribution < -0.4 is 11.1 Å². The molecule has 0 aliphatic carbocycles. The first-order valence-corrected chi connectivity index (χ1v) is 8.52. The van der Waals surface area contributed by atoms with Gasteiger partial charge in [-0.1, -0.05) is 36.4 Å². The molecule has 25 heavy (non-hydrogen) atoms. The summed E-state index contributed by atoms with van der Waals surface area (Å²) in [4.78, 5) is 19.0. The number of nitrogens with two attached hydrogens (primary N) is 1. The predicted molar refractivity (Wildman–Crippen MR) is 96.4 cm³/mol. The molecule has 3 aromatic rings. The molecule has 6 nitrogen and oxygen atoms in total. The number of aromatic nitrogens is 2. The van der Waals surface area contributed by atoms with Crippen LogP contribution in [0.5, 0.6) is 0 Å². The summed E-state index contributed by atoms with van der Waals surface area (Å²) >= 11 is 0. The third kappa shape index (κ3) is 2.90. The first kappa shape index (κ1) is 15.8. The van der Waals surface area contributed by atoms with E-state index in [0.717, 1.165) is 43.1 Å². The Bertz CT molecular complexity index is 883. The summed E-state index contributed by atoms with van der Waals surface area (Å²) in [6.07, 6.45) is 1.95. The van der Waals surface area contributed by atoms with E-state index < -0.39 is 5.91 Å². The molecule has 128 valence electrons. The zero-order valence-electron chi connectivity index (χ0n) is 13.9. The van der Waals surface area contributed by atoms with Crippen molar-refractivity contribution in [3.63, 3.8) is 0 Å². The SMILES string of the molecule is NC(=O)c1nc2ccccn2c1C(c1ccccc1)N1CCNCC1. The number of fused-ring (bicyclic) bond motifs is 1. The minimum Gasteiger partial charge on any atom is -0.364 e. The summed E-state index contributed by atoms with van der Waals surface area (Å²) in [6, 6.07) is 15.9. The number of hydrogen-bond donors (Lipinski definition) is 2. The smallest absolute Gasteiger partial charge is 0.269 e. The molecular weight excluding hydrogens is 314 g/mol. The Hall–Kier alpha value is -2.70. The van der Waals surface area contributed by atoms with Gasteiger partial charge in [0.05, 0.1) is 11.7 Å². The van der Waals surface area contributed by atoms with Crippen LogP contribution >= 0.6 is 0 Å². The van der Waals surface area contributed by atoms with Gasteiger partial charge in [-0.15, -0.1) is 0 Å². The molecule has 3 N–H and O–H groups in total. The number of imidazole rings is 1. The molecule has 1 fully saturated rings. The molecule has 6 heteroatoms. The lowest BCUT2D eigenvalue weighted by molar-refractivity contribution is 0.0992. The molecule has 0 radical (unpaired) electrons. The molecule has 1 aromatic carbocycles. The highest BCUT2D eigenvalue weighted by molar-refractivity contribution is 5.93. The first-order valence-electron chi connectivity index (χ1n) is 8.52. The average molecular weight is 335 g/mol. The molecule has 0 spiro atoms. The van der Waals surface area contributed by atoms with E-state index in [1.165, 1.54) is 0 Å². The van der Waals surface area contributed by atoms with Crippen LogP contribution in [0, 0.1) is 0 Å². The number of benzene rings is 1. The Morgan fingerprint density at radius 1 is 1.08 bits per heavy atom. The van der Waals surface area contributed by atoms with E-state index in [1.54, 1.807) is 0 Å². The molecule has 1 amide bonds. The lowest BCUT2D eigenvalue weighted by Crippen LogP contribution is -2.46. The summed E-state index contributed by atoms with van der Waals surface area (Å²) in [5, 5.41) is 3.39. The summed E-state index contributed by atoms with van der Waals surface area (Å²) < 4.78 is 1.99. The van der Waals surface area contributed by atoms with E-state index in [1.807, 2.05) is 47.0 Å². The van der Waals surface area contributed by atoms with Crippen LogP contribution in [0.25, 0.3) is 5.65 Å². The molecule has 3 heterocycles. The van der Waals surface area contributed by atoms with Gasteiger partial charge in [0.2, 0.25) is 0 Å². The molecular formula is C19H21N5O. The number of nitrogens with zero attached hydrogens (tertiary/aromatic N) is 3. The number of amides is 1. The summed E-state index contributed by atoms with van der Waals surface area (Å²) in [5.74, 6) is -0.491. The van der Waals surface area contributed by atoms with E-state index in [2.05, 4.69) is 27.3 Å². The summed E-state index contributed by atoms with van der Waals surface area (Å²) in [5.41, 5.74) is 8.74. The van der Waals surface area contributed by atoms with Crippen molar-refractivity contribution in [2.75, 3.05) is 26.2 Å². The molecule has 0 bridgehead atoms. The van der Waals surface area contributed by atoms with Gasteiger partial charge in [0.1, 0.15) is 5.65 Å². The molecule has 2 aromatic heterocycles. The Labute approximate surface area is 146 Å². The molecule has 1 aliphatic heterocycles. The van der Waals surface area contributed by atoms with E-state index in [0.29, 0.717) is 5.69 Å². The number of carbonyl (C=O) groups excluding carboxylic acids is 1. The van der Waals surface area contributed by atoms with Gasteiger partial charge >= 0.3 is 0 Å². The topological polar surface area (TPSA) is 75.7 Å². The van der Waals surface area contributed by atoms with Crippen LogP contribution in [0.3, 0.4) is 0 Å². The molecule has 0 saturated carbocycles. The van der Waals surface area contributed by atoms with Gasteiger partial charge in [0.15, 0.2) is 5.69 Å². The number of nitrogens with one attached hydrogen (secondary N) is 1. The van der Waals surface area contributed by atoms with Gasteiger partial charge in [-0.05, 0) is 17.7 Å². The van der Waals surface area contributed by atoms with Crippen molar-refractivity contribution in [3.8, 4) is 0 Å². The highest BCUT2D eigenvalue weighted by Gasteiger charge is 2.31. The highest BCUT2D eigenvalue weighted by atomic mass is 16.1. The van der Waals surface area contributed by atoms with Crippen LogP contribution in [0.4, 0.5) is 0 Å². The fraction of sp³-hybridized carbons (Fsp3) is 0.263. The molecule has 4 rings (SSSR count). The van der Waals surface area contributed by atoms with Crippen molar-refractivity contribution in [2.45, 2.75) is 6.04 Å². The standard InChI is InChI=1S/C19H21N5O/c20-19(25)16-18(24-11-5-4-8-15(24)22-16)17(14-6-2-1-3-7-14)23-12-9-21-10-13-23/h1-8,11,17,21H,9-10,12-13H2,(H2,20,25). The zero-order chi connectivity index (χ0) is 17.2. The normalized spacial score (nSPS) is 16.8. The Balaban J connectivity index is 1.94. The fourth-order valence-electron chi connectivity index (χ4n) is 3.57. The largest absolute Gasteiger partial charge is 0.364 e. The van der Waals surface area contributed by atoms with Crippen molar-refractivity contribution < 1.29 is 4.79 Å². The van der Waals surface area contributed by atoms with Crippen LogP contribution in [-0.2, 0) is 0 Å². The first-order chi connectivity index (χ1) is 12.3.